The third-order valence-electron chi connectivity index (χ3n) is 1.97. The second-order valence-corrected chi connectivity index (χ2v) is 4.55. The van der Waals surface area contributed by atoms with Crippen molar-refractivity contribution in [2.45, 2.75) is 20.0 Å². The molecule has 0 aliphatic rings. The lowest BCUT2D eigenvalue weighted by atomic mass is 10.2. The quantitative estimate of drug-likeness (QED) is 0.655. The van der Waals surface area contributed by atoms with Crippen molar-refractivity contribution in [3.8, 4) is 0 Å². The summed E-state index contributed by atoms with van der Waals surface area (Å²) in [4.78, 5) is 3.90. The standard InChI is InChI=1S/C11H10Cl2F3N/c1-6(2)10(13)17-7-3-4-9(12)8(5-7)11(14,15)16/h3-6H,1-2H3. The zero-order valence-electron chi connectivity index (χ0n) is 9.15. The molecule has 0 unspecified atom stereocenters. The van der Waals surface area contributed by atoms with Gasteiger partial charge in [-0.15, -0.1) is 0 Å². The van der Waals surface area contributed by atoms with Gasteiger partial charge in [0.25, 0.3) is 0 Å². The molecule has 6 heteroatoms. The summed E-state index contributed by atoms with van der Waals surface area (Å²) < 4.78 is 37.7. The number of rotatable bonds is 2. The van der Waals surface area contributed by atoms with E-state index in [0.29, 0.717) is 0 Å². The molecule has 0 bridgehead atoms. The second kappa shape index (κ2) is 5.27. The summed E-state index contributed by atoms with van der Waals surface area (Å²) in [6, 6.07) is 3.43. The van der Waals surface area contributed by atoms with Crippen LogP contribution in [0.4, 0.5) is 18.9 Å². The van der Waals surface area contributed by atoms with Crippen molar-refractivity contribution in [2.75, 3.05) is 0 Å². The number of nitrogens with zero attached hydrogens (tertiary/aromatic N) is 1. The molecule has 0 saturated carbocycles. The Kier molecular flexibility index (Phi) is 4.44. The number of aliphatic imine (C=N–C) groups is 1. The molecule has 0 aliphatic carbocycles. The van der Waals surface area contributed by atoms with Crippen LogP contribution in [-0.4, -0.2) is 5.17 Å². The van der Waals surface area contributed by atoms with Crippen molar-refractivity contribution < 1.29 is 13.2 Å². The molecule has 1 rings (SSSR count). The maximum absolute atomic E-state index is 12.6. The maximum atomic E-state index is 12.6. The van der Waals surface area contributed by atoms with Crippen LogP contribution in [0.15, 0.2) is 23.2 Å². The number of alkyl halides is 3. The van der Waals surface area contributed by atoms with Crippen molar-refractivity contribution in [1.29, 1.82) is 0 Å². The van der Waals surface area contributed by atoms with Gasteiger partial charge in [0.15, 0.2) is 0 Å². The molecule has 1 nitrogen and oxygen atoms in total. The highest BCUT2D eigenvalue weighted by molar-refractivity contribution is 6.66. The lowest BCUT2D eigenvalue weighted by Crippen LogP contribution is -2.05. The van der Waals surface area contributed by atoms with Gasteiger partial charge in [0.2, 0.25) is 0 Å². The smallest absolute Gasteiger partial charge is 0.241 e. The molecular formula is C11H10Cl2F3N. The maximum Gasteiger partial charge on any atom is 0.417 e. The molecular weight excluding hydrogens is 274 g/mol. The van der Waals surface area contributed by atoms with Crippen molar-refractivity contribution >= 4 is 34.1 Å². The highest BCUT2D eigenvalue weighted by Gasteiger charge is 2.33. The van der Waals surface area contributed by atoms with Crippen LogP contribution in [0.2, 0.25) is 5.02 Å². The predicted molar refractivity (Wildman–Crippen MR) is 64.2 cm³/mol. The Balaban J connectivity index is 3.18. The zero-order valence-corrected chi connectivity index (χ0v) is 10.7. The van der Waals surface area contributed by atoms with Crippen LogP contribution in [0.1, 0.15) is 19.4 Å². The van der Waals surface area contributed by atoms with Gasteiger partial charge >= 0.3 is 6.18 Å². The summed E-state index contributed by atoms with van der Waals surface area (Å²) in [7, 11) is 0. The third kappa shape index (κ3) is 3.89. The molecule has 0 fully saturated rings. The van der Waals surface area contributed by atoms with Crippen LogP contribution < -0.4 is 0 Å². The molecule has 0 radical (unpaired) electrons. The van der Waals surface area contributed by atoms with E-state index in [1.807, 2.05) is 0 Å². The van der Waals surface area contributed by atoms with E-state index < -0.39 is 11.7 Å². The van der Waals surface area contributed by atoms with Gasteiger partial charge in [-0.3, -0.25) is 0 Å². The van der Waals surface area contributed by atoms with E-state index in [-0.39, 0.29) is 21.8 Å². The van der Waals surface area contributed by atoms with Gasteiger partial charge in [-0.25, -0.2) is 4.99 Å². The number of halogens is 5. The molecule has 0 heterocycles. The molecule has 0 saturated heterocycles. The van der Waals surface area contributed by atoms with E-state index in [1.54, 1.807) is 13.8 Å². The van der Waals surface area contributed by atoms with Crippen LogP contribution in [0, 0.1) is 5.92 Å². The number of hydrogen-bond donors (Lipinski definition) is 0. The minimum Gasteiger partial charge on any atom is -0.241 e. The van der Waals surface area contributed by atoms with Gasteiger partial charge in [0.1, 0.15) is 5.17 Å². The lowest BCUT2D eigenvalue weighted by molar-refractivity contribution is -0.137. The largest absolute Gasteiger partial charge is 0.417 e. The first-order valence-corrected chi connectivity index (χ1v) is 5.58. The van der Waals surface area contributed by atoms with Crippen molar-refractivity contribution in [3.05, 3.63) is 28.8 Å². The summed E-state index contributed by atoms with van der Waals surface area (Å²) in [5.74, 6) is -0.0401. The van der Waals surface area contributed by atoms with Gasteiger partial charge in [-0.1, -0.05) is 37.0 Å². The third-order valence-corrected chi connectivity index (χ3v) is 2.82. The molecule has 17 heavy (non-hydrogen) atoms. The molecule has 0 spiro atoms. The van der Waals surface area contributed by atoms with Crippen LogP contribution in [-0.2, 0) is 6.18 Å². The average molecular weight is 284 g/mol. The molecule has 0 atom stereocenters. The molecule has 0 amide bonds. The molecule has 94 valence electrons. The first-order chi connectivity index (χ1) is 7.71. The Morgan fingerprint density at radius 3 is 2.35 bits per heavy atom. The summed E-state index contributed by atoms with van der Waals surface area (Å²) in [6.07, 6.45) is -4.49. The Morgan fingerprint density at radius 2 is 1.88 bits per heavy atom. The van der Waals surface area contributed by atoms with E-state index in [0.717, 1.165) is 12.1 Å². The van der Waals surface area contributed by atoms with E-state index in [4.69, 9.17) is 23.2 Å². The monoisotopic (exact) mass is 283 g/mol. The van der Waals surface area contributed by atoms with Gasteiger partial charge < -0.3 is 0 Å². The summed E-state index contributed by atoms with van der Waals surface area (Å²) in [6.45, 7) is 3.60. The van der Waals surface area contributed by atoms with Crippen molar-refractivity contribution in [1.82, 2.24) is 0 Å². The van der Waals surface area contributed by atoms with Gasteiger partial charge in [-0.05, 0) is 18.2 Å². The highest BCUT2D eigenvalue weighted by atomic mass is 35.5. The van der Waals surface area contributed by atoms with Crippen LogP contribution in [0.25, 0.3) is 0 Å². The van der Waals surface area contributed by atoms with Gasteiger partial charge in [-0.2, -0.15) is 13.2 Å². The van der Waals surface area contributed by atoms with Crippen molar-refractivity contribution in [2.24, 2.45) is 10.9 Å². The normalized spacial score (nSPS) is 13.3. The fraction of sp³-hybridized carbons (Fsp3) is 0.364. The first-order valence-electron chi connectivity index (χ1n) is 4.82. The number of hydrogen-bond acceptors (Lipinski definition) is 1. The summed E-state index contributed by atoms with van der Waals surface area (Å²) in [5.41, 5.74) is -0.769. The molecule has 0 N–H and O–H groups in total. The molecule has 1 aromatic rings. The Hall–Kier alpha value is -0.740. The fourth-order valence-electron chi connectivity index (χ4n) is 1.05. The highest BCUT2D eigenvalue weighted by Crippen LogP contribution is 2.36. The van der Waals surface area contributed by atoms with Crippen LogP contribution in [0.5, 0.6) is 0 Å². The topological polar surface area (TPSA) is 12.4 Å². The van der Waals surface area contributed by atoms with E-state index >= 15 is 0 Å². The minimum absolute atomic E-state index is 0.0401. The molecule has 0 aromatic heterocycles. The number of benzene rings is 1. The Labute approximate surface area is 107 Å². The first kappa shape index (κ1) is 14.3. The van der Waals surface area contributed by atoms with Crippen LogP contribution in [0.3, 0.4) is 0 Å². The van der Waals surface area contributed by atoms with Gasteiger partial charge in [0, 0.05) is 5.92 Å². The van der Waals surface area contributed by atoms with Crippen LogP contribution >= 0.6 is 23.2 Å². The summed E-state index contributed by atoms with van der Waals surface area (Å²) in [5, 5.41) is -0.0995. The fourth-order valence-corrected chi connectivity index (χ4v) is 1.37. The average Bonchev–Trinajstić information content (AvgIpc) is 2.19. The van der Waals surface area contributed by atoms with E-state index in [2.05, 4.69) is 4.99 Å². The zero-order chi connectivity index (χ0) is 13.2. The minimum atomic E-state index is -4.49. The second-order valence-electron chi connectivity index (χ2n) is 3.75. The van der Waals surface area contributed by atoms with E-state index in [1.165, 1.54) is 6.07 Å². The predicted octanol–water partition coefficient (Wildman–Crippen LogP) is 5.28. The van der Waals surface area contributed by atoms with Crippen molar-refractivity contribution in [3.63, 3.8) is 0 Å². The van der Waals surface area contributed by atoms with E-state index in [9.17, 15) is 13.2 Å². The molecule has 0 aliphatic heterocycles. The molecule has 1 aromatic carbocycles. The Morgan fingerprint density at radius 1 is 1.29 bits per heavy atom. The summed E-state index contributed by atoms with van der Waals surface area (Å²) >= 11 is 11.3. The van der Waals surface area contributed by atoms with Gasteiger partial charge in [0.05, 0.1) is 16.3 Å². The SMILES string of the molecule is CC(C)C(Cl)=Nc1ccc(Cl)c(C(F)(F)F)c1. The lowest BCUT2D eigenvalue weighted by Gasteiger charge is -2.09. The Bertz CT molecular complexity index is 439.